The molecule has 0 aromatic heterocycles. The van der Waals surface area contributed by atoms with Gasteiger partial charge in [-0.25, -0.2) is 0 Å². The van der Waals surface area contributed by atoms with Crippen LogP contribution in [-0.2, 0) is 4.79 Å². The molecule has 21 heavy (non-hydrogen) atoms. The molecule has 0 aliphatic carbocycles. The van der Waals surface area contributed by atoms with Gasteiger partial charge in [0, 0.05) is 19.2 Å². The van der Waals surface area contributed by atoms with Crippen LogP contribution in [0.1, 0.15) is 17.9 Å². The molecular weight excluding hydrogens is 282 g/mol. The van der Waals surface area contributed by atoms with Gasteiger partial charge in [-0.3, -0.25) is 4.79 Å². The third-order valence-electron chi connectivity index (χ3n) is 3.42. The molecule has 1 fully saturated rings. The van der Waals surface area contributed by atoms with Crippen molar-refractivity contribution in [2.75, 3.05) is 12.3 Å². The molecule has 0 bridgehead atoms. The van der Waals surface area contributed by atoms with Crippen molar-refractivity contribution in [3.05, 3.63) is 60.2 Å². The maximum absolute atomic E-state index is 11.7. The number of carbonyl (C=O) groups excluding carboxylic acids is 1. The van der Waals surface area contributed by atoms with Crippen LogP contribution < -0.4 is 4.74 Å². The van der Waals surface area contributed by atoms with Crippen LogP contribution in [0.5, 0.6) is 11.5 Å². The lowest BCUT2D eigenvalue weighted by Gasteiger charge is -2.23. The Hall–Kier alpha value is -1.94. The molecule has 0 radical (unpaired) electrons. The summed E-state index contributed by atoms with van der Waals surface area (Å²) < 4.78 is 5.86. The molecule has 108 valence electrons. The molecule has 1 heterocycles. The summed E-state index contributed by atoms with van der Waals surface area (Å²) in [4.78, 5) is 13.6. The zero-order valence-corrected chi connectivity index (χ0v) is 12.7. The van der Waals surface area contributed by atoms with Gasteiger partial charge in [0.15, 0.2) is 0 Å². The Balaban J connectivity index is 1.81. The highest BCUT2D eigenvalue weighted by molar-refractivity contribution is 7.99. The molecule has 2 aromatic rings. The van der Waals surface area contributed by atoms with Crippen LogP contribution in [0, 0.1) is 0 Å². The van der Waals surface area contributed by atoms with E-state index in [1.807, 2.05) is 53.4 Å². The van der Waals surface area contributed by atoms with Crippen LogP contribution in [-0.4, -0.2) is 23.1 Å². The third-order valence-corrected chi connectivity index (χ3v) is 4.68. The van der Waals surface area contributed by atoms with E-state index in [-0.39, 0.29) is 11.3 Å². The second-order valence-corrected chi connectivity index (χ2v) is 6.11. The minimum Gasteiger partial charge on any atom is -0.457 e. The number of benzene rings is 2. The first kappa shape index (κ1) is 14.0. The second-order valence-electron chi connectivity index (χ2n) is 4.92. The summed E-state index contributed by atoms with van der Waals surface area (Å²) in [5, 5.41) is 0.0989. The first-order chi connectivity index (χ1) is 10.2. The number of para-hydroxylation sites is 1. The molecule has 0 N–H and O–H groups in total. The van der Waals surface area contributed by atoms with Crippen molar-refractivity contribution in [3.8, 4) is 11.5 Å². The van der Waals surface area contributed by atoms with E-state index < -0.39 is 0 Å². The Morgan fingerprint density at radius 1 is 1.14 bits per heavy atom. The number of ether oxygens (including phenoxy) is 1. The summed E-state index contributed by atoms with van der Waals surface area (Å²) in [7, 11) is 0. The van der Waals surface area contributed by atoms with Crippen molar-refractivity contribution in [1.82, 2.24) is 4.90 Å². The van der Waals surface area contributed by atoms with Crippen molar-refractivity contribution in [3.63, 3.8) is 0 Å². The lowest BCUT2D eigenvalue weighted by atomic mass is 10.2. The fourth-order valence-electron chi connectivity index (χ4n) is 2.42. The predicted molar refractivity (Wildman–Crippen MR) is 85.5 cm³/mol. The molecule has 1 unspecified atom stereocenters. The normalized spacial score (nSPS) is 17.8. The van der Waals surface area contributed by atoms with Gasteiger partial charge in [-0.1, -0.05) is 30.3 Å². The minimum atomic E-state index is 0.0989. The molecule has 0 saturated carbocycles. The van der Waals surface area contributed by atoms with Crippen molar-refractivity contribution < 1.29 is 9.53 Å². The second kappa shape index (κ2) is 6.22. The average Bonchev–Trinajstić information content (AvgIpc) is 2.98. The average molecular weight is 299 g/mol. The van der Waals surface area contributed by atoms with Gasteiger partial charge in [0.25, 0.3) is 0 Å². The summed E-state index contributed by atoms with van der Waals surface area (Å²) in [6, 6.07) is 17.7. The Kier molecular flexibility index (Phi) is 4.15. The van der Waals surface area contributed by atoms with E-state index >= 15 is 0 Å². The summed E-state index contributed by atoms with van der Waals surface area (Å²) in [5.74, 6) is 2.72. The van der Waals surface area contributed by atoms with E-state index in [4.69, 9.17) is 4.74 Å². The first-order valence-corrected chi connectivity index (χ1v) is 8.00. The summed E-state index contributed by atoms with van der Waals surface area (Å²) in [5.41, 5.74) is 1.11. The third kappa shape index (κ3) is 3.22. The van der Waals surface area contributed by atoms with Gasteiger partial charge in [0.1, 0.15) is 16.9 Å². The number of rotatable bonds is 3. The molecule has 1 amide bonds. The number of hydrogen-bond acceptors (Lipinski definition) is 3. The number of nitrogens with zero attached hydrogens (tertiary/aromatic N) is 1. The van der Waals surface area contributed by atoms with Crippen molar-refractivity contribution in [2.24, 2.45) is 0 Å². The van der Waals surface area contributed by atoms with Gasteiger partial charge in [0.2, 0.25) is 5.91 Å². The fraction of sp³-hybridized carbons (Fsp3) is 0.235. The molecule has 1 saturated heterocycles. The molecule has 0 spiro atoms. The maximum Gasteiger partial charge on any atom is 0.220 e. The van der Waals surface area contributed by atoms with Crippen LogP contribution in [0.25, 0.3) is 0 Å². The highest BCUT2D eigenvalue weighted by Crippen LogP contribution is 2.39. The molecule has 1 aliphatic heterocycles. The van der Waals surface area contributed by atoms with E-state index in [0.717, 1.165) is 29.4 Å². The highest BCUT2D eigenvalue weighted by atomic mass is 32.2. The SMILES string of the molecule is CC(=O)N1CCSC1c1cccc(Oc2ccccc2)c1. The quantitative estimate of drug-likeness (QED) is 0.855. The molecule has 1 atom stereocenters. The van der Waals surface area contributed by atoms with E-state index in [1.54, 1.807) is 18.7 Å². The minimum absolute atomic E-state index is 0.0989. The number of hydrogen-bond donors (Lipinski definition) is 0. The fourth-order valence-corrected chi connectivity index (χ4v) is 3.72. The van der Waals surface area contributed by atoms with E-state index in [2.05, 4.69) is 6.07 Å². The van der Waals surface area contributed by atoms with Gasteiger partial charge in [-0.2, -0.15) is 0 Å². The van der Waals surface area contributed by atoms with Crippen LogP contribution in [0.15, 0.2) is 54.6 Å². The van der Waals surface area contributed by atoms with Crippen LogP contribution >= 0.6 is 11.8 Å². The highest BCUT2D eigenvalue weighted by Gasteiger charge is 2.28. The Bertz CT molecular complexity index is 630. The molecule has 2 aromatic carbocycles. The Morgan fingerprint density at radius 2 is 1.90 bits per heavy atom. The first-order valence-electron chi connectivity index (χ1n) is 6.96. The molecule has 3 nitrogen and oxygen atoms in total. The van der Waals surface area contributed by atoms with Crippen LogP contribution in [0.2, 0.25) is 0 Å². The standard InChI is InChI=1S/C17H17NO2S/c1-13(19)18-10-11-21-17(18)14-6-5-9-16(12-14)20-15-7-3-2-4-8-15/h2-9,12,17H,10-11H2,1H3. The van der Waals surface area contributed by atoms with E-state index in [1.165, 1.54) is 0 Å². The lowest BCUT2D eigenvalue weighted by Crippen LogP contribution is -2.27. The Morgan fingerprint density at radius 3 is 2.67 bits per heavy atom. The molecule has 1 aliphatic rings. The number of thioether (sulfide) groups is 1. The van der Waals surface area contributed by atoms with Crippen molar-refractivity contribution in [1.29, 1.82) is 0 Å². The maximum atomic E-state index is 11.7. The van der Waals surface area contributed by atoms with Gasteiger partial charge in [-0.15, -0.1) is 11.8 Å². The molecule has 4 heteroatoms. The van der Waals surface area contributed by atoms with Crippen molar-refractivity contribution in [2.45, 2.75) is 12.3 Å². The van der Waals surface area contributed by atoms with E-state index in [9.17, 15) is 4.79 Å². The number of amides is 1. The zero-order valence-electron chi connectivity index (χ0n) is 11.9. The number of carbonyl (C=O) groups is 1. The molecule has 3 rings (SSSR count). The predicted octanol–water partition coefficient (Wildman–Crippen LogP) is 4.07. The monoisotopic (exact) mass is 299 g/mol. The smallest absolute Gasteiger partial charge is 0.220 e. The van der Waals surface area contributed by atoms with Crippen molar-refractivity contribution >= 4 is 17.7 Å². The van der Waals surface area contributed by atoms with E-state index in [0.29, 0.717) is 0 Å². The summed E-state index contributed by atoms with van der Waals surface area (Å²) >= 11 is 1.80. The summed E-state index contributed by atoms with van der Waals surface area (Å²) in [6.45, 7) is 2.44. The van der Waals surface area contributed by atoms with Gasteiger partial charge in [0.05, 0.1) is 0 Å². The van der Waals surface area contributed by atoms with Crippen LogP contribution in [0.4, 0.5) is 0 Å². The summed E-state index contributed by atoms with van der Waals surface area (Å²) in [6.07, 6.45) is 0. The zero-order chi connectivity index (χ0) is 14.7. The molecular formula is C17H17NO2S. The largest absolute Gasteiger partial charge is 0.457 e. The topological polar surface area (TPSA) is 29.5 Å². The van der Waals surface area contributed by atoms with Gasteiger partial charge < -0.3 is 9.64 Å². The lowest BCUT2D eigenvalue weighted by molar-refractivity contribution is -0.128. The van der Waals surface area contributed by atoms with Gasteiger partial charge >= 0.3 is 0 Å². The Labute approximate surface area is 128 Å². The van der Waals surface area contributed by atoms with Gasteiger partial charge in [-0.05, 0) is 29.8 Å². The van der Waals surface area contributed by atoms with Crippen LogP contribution in [0.3, 0.4) is 0 Å².